The van der Waals surface area contributed by atoms with E-state index < -0.39 is 11.5 Å². The molecule has 4 rings (SSSR count). The molecular weight excluding hydrogens is 396 g/mol. The van der Waals surface area contributed by atoms with Gasteiger partial charge in [0.25, 0.3) is 11.5 Å². The molecule has 0 saturated heterocycles. The van der Waals surface area contributed by atoms with Crippen molar-refractivity contribution in [2.45, 2.75) is 18.8 Å². The number of amides is 1. The molecule has 1 unspecified atom stereocenters. The predicted octanol–water partition coefficient (Wildman–Crippen LogP) is 3.56. The summed E-state index contributed by atoms with van der Waals surface area (Å²) in [4.78, 5) is 40.8. The summed E-state index contributed by atoms with van der Waals surface area (Å²) in [6, 6.07) is 15.8. The van der Waals surface area contributed by atoms with Gasteiger partial charge in [0.1, 0.15) is 5.56 Å². The van der Waals surface area contributed by atoms with Gasteiger partial charge in [0.2, 0.25) is 0 Å². The van der Waals surface area contributed by atoms with E-state index in [1.165, 1.54) is 6.07 Å². The number of hydrogen-bond acceptors (Lipinski definition) is 5. The number of methoxy groups -OCH3 is 2. The van der Waals surface area contributed by atoms with Crippen molar-refractivity contribution in [2.24, 2.45) is 0 Å². The summed E-state index contributed by atoms with van der Waals surface area (Å²) in [5, 5.41) is 2.68. The molecule has 1 aliphatic carbocycles. The Hall–Kier alpha value is -3.87. The Labute approximate surface area is 179 Å². The zero-order chi connectivity index (χ0) is 22.0. The van der Waals surface area contributed by atoms with Crippen LogP contribution >= 0.6 is 0 Å². The first-order valence-corrected chi connectivity index (χ1v) is 9.88. The molecule has 7 nitrogen and oxygen atoms in total. The average Bonchev–Trinajstić information content (AvgIpc) is 2.78. The highest BCUT2D eigenvalue weighted by Crippen LogP contribution is 2.36. The maximum Gasteiger partial charge on any atom is 0.261 e. The summed E-state index contributed by atoms with van der Waals surface area (Å²) >= 11 is 0. The van der Waals surface area contributed by atoms with Gasteiger partial charge >= 0.3 is 0 Å². The number of H-pyrrole nitrogens is 1. The van der Waals surface area contributed by atoms with Gasteiger partial charge in [-0.05, 0) is 48.2 Å². The highest BCUT2D eigenvalue weighted by atomic mass is 16.5. The average molecular weight is 418 g/mol. The standard InChI is InChI=1S/C24H22N2O5/c1-30-21-9-8-14(12-22(21)31-2)15-10-19-17(20(27)11-15)13-18(24(29)26-19)23(28)25-16-6-4-3-5-7-16/h3-9,12-13,15H,10-11H2,1-2H3,(H,25,28)(H,26,29). The van der Waals surface area contributed by atoms with Crippen molar-refractivity contribution >= 4 is 17.4 Å². The Morgan fingerprint density at radius 3 is 2.42 bits per heavy atom. The van der Waals surface area contributed by atoms with Crippen molar-refractivity contribution in [1.82, 2.24) is 4.98 Å². The number of nitrogens with one attached hydrogen (secondary N) is 2. The number of anilines is 1. The second-order valence-electron chi connectivity index (χ2n) is 7.37. The number of rotatable bonds is 5. The number of Topliss-reactive ketones (excluding diaryl/α,β-unsaturated/α-hetero) is 1. The molecule has 0 saturated carbocycles. The molecule has 1 heterocycles. The summed E-state index contributed by atoms with van der Waals surface area (Å²) in [5.74, 6) is 0.409. The lowest BCUT2D eigenvalue weighted by molar-refractivity contribution is 0.0963. The SMILES string of the molecule is COc1ccc(C2CC(=O)c3cc(C(=O)Nc4ccccc4)c(=O)[nH]c3C2)cc1OC. The van der Waals surface area contributed by atoms with Gasteiger partial charge in [0.05, 0.1) is 14.2 Å². The normalized spacial score (nSPS) is 15.2. The third kappa shape index (κ3) is 4.07. The van der Waals surface area contributed by atoms with Crippen LogP contribution in [0.3, 0.4) is 0 Å². The molecule has 158 valence electrons. The van der Waals surface area contributed by atoms with E-state index in [0.29, 0.717) is 34.9 Å². The highest BCUT2D eigenvalue weighted by molar-refractivity contribution is 6.06. The lowest BCUT2D eigenvalue weighted by Crippen LogP contribution is -2.29. The van der Waals surface area contributed by atoms with E-state index in [1.54, 1.807) is 44.6 Å². The molecule has 1 aromatic heterocycles. The minimum atomic E-state index is -0.551. The maximum absolute atomic E-state index is 12.9. The number of ketones is 1. The third-order valence-corrected chi connectivity index (χ3v) is 5.46. The van der Waals surface area contributed by atoms with Gasteiger partial charge in [0.15, 0.2) is 17.3 Å². The Bertz CT molecular complexity index is 1200. The largest absolute Gasteiger partial charge is 0.493 e. The molecular formula is C24H22N2O5. The third-order valence-electron chi connectivity index (χ3n) is 5.46. The fourth-order valence-corrected chi connectivity index (χ4v) is 3.86. The minimum Gasteiger partial charge on any atom is -0.493 e. The topological polar surface area (TPSA) is 97.5 Å². The van der Waals surface area contributed by atoms with Gasteiger partial charge in [-0.1, -0.05) is 24.3 Å². The van der Waals surface area contributed by atoms with E-state index in [1.807, 2.05) is 18.2 Å². The maximum atomic E-state index is 12.9. The molecule has 0 bridgehead atoms. The lowest BCUT2D eigenvalue weighted by atomic mass is 9.81. The van der Waals surface area contributed by atoms with Gasteiger partial charge in [-0.25, -0.2) is 0 Å². The van der Waals surface area contributed by atoms with Crippen LogP contribution in [0, 0.1) is 0 Å². The molecule has 1 aliphatic rings. The Morgan fingerprint density at radius 1 is 0.968 bits per heavy atom. The Balaban J connectivity index is 1.62. The molecule has 1 amide bonds. The second kappa shape index (κ2) is 8.47. The summed E-state index contributed by atoms with van der Waals surface area (Å²) in [6.07, 6.45) is 0.751. The van der Waals surface area contributed by atoms with Crippen LogP contribution in [0.1, 0.15) is 44.3 Å². The summed E-state index contributed by atoms with van der Waals surface area (Å²) < 4.78 is 10.6. The molecule has 0 fully saturated rings. The molecule has 1 atom stereocenters. The molecule has 2 N–H and O–H groups in total. The molecule has 2 aromatic carbocycles. The number of para-hydroxylation sites is 1. The monoisotopic (exact) mass is 418 g/mol. The Morgan fingerprint density at radius 2 is 1.71 bits per heavy atom. The van der Waals surface area contributed by atoms with E-state index >= 15 is 0 Å². The van der Waals surface area contributed by atoms with Crippen molar-refractivity contribution in [3.63, 3.8) is 0 Å². The lowest BCUT2D eigenvalue weighted by Gasteiger charge is -2.24. The summed E-state index contributed by atoms with van der Waals surface area (Å²) in [6.45, 7) is 0. The van der Waals surface area contributed by atoms with Crippen LogP contribution in [-0.4, -0.2) is 30.9 Å². The Kier molecular flexibility index (Phi) is 5.58. The van der Waals surface area contributed by atoms with Crippen LogP contribution in [0.5, 0.6) is 11.5 Å². The molecule has 31 heavy (non-hydrogen) atoms. The number of ether oxygens (including phenoxy) is 2. The summed E-state index contributed by atoms with van der Waals surface area (Å²) in [7, 11) is 3.12. The van der Waals surface area contributed by atoms with Crippen LogP contribution in [0.25, 0.3) is 0 Å². The number of pyridine rings is 1. The van der Waals surface area contributed by atoms with Crippen molar-refractivity contribution in [3.8, 4) is 11.5 Å². The van der Waals surface area contributed by atoms with Crippen LogP contribution in [0.2, 0.25) is 0 Å². The van der Waals surface area contributed by atoms with Crippen LogP contribution in [0.4, 0.5) is 5.69 Å². The van der Waals surface area contributed by atoms with Gasteiger partial charge in [-0.2, -0.15) is 0 Å². The number of benzene rings is 2. The molecule has 0 radical (unpaired) electrons. The smallest absolute Gasteiger partial charge is 0.261 e. The van der Waals surface area contributed by atoms with Crippen molar-refractivity contribution in [1.29, 1.82) is 0 Å². The van der Waals surface area contributed by atoms with E-state index in [-0.39, 0.29) is 23.7 Å². The molecule has 0 aliphatic heterocycles. The van der Waals surface area contributed by atoms with Gasteiger partial charge in [-0.15, -0.1) is 0 Å². The first kappa shape index (κ1) is 20.4. The summed E-state index contributed by atoms with van der Waals surface area (Å²) in [5.41, 5.74) is 1.81. The van der Waals surface area contributed by atoms with Crippen LogP contribution < -0.4 is 20.3 Å². The van der Waals surface area contributed by atoms with E-state index in [2.05, 4.69) is 10.3 Å². The van der Waals surface area contributed by atoms with Crippen molar-refractivity contribution in [3.05, 3.63) is 87.3 Å². The number of carbonyl (C=O) groups is 2. The predicted molar refractivity (Wildman–Crippen MR) is 116 cm³/mol. The van der Waals surface area contributed by atoms with E-state index in [9.17, 15) is 14.4 Å². The van der Waals surface area contributed by atoms with Gasteiger partial charge in [0, 0.05) is 23.4 Å². The minimum absolute atomic E-state index is 0.0829. The molecule has 0 spiro atoms. The number of aromatic nitrogens is 1. The second-order valence-corrected chi connectivity index (χ2v) is 7.37. The fraction of sp³-hybridized carbons (Fsp3) is 0.208. The number of carbonyl (C=O) groups excluding carboxylic acids is 2. The van der Waals surface area contributed by atoms with Crippen LogP contribution in [-0.2, 0) is 6.42 Å². The number of hydrogen-bond donors (Lipinski definition) is 2. The van der Waals surface area contributed by atoms with Gasteiger partial charge < -0.3 is 19.8 Å². The fourth-order valence-electron chi connectivity index (χ4n) is 3.86. The highest BCUT2D eigenvalue weighted by Gasteiger charge is 2.29. The first-order valence-electron chi connectivity index (χ1n) is 9.88. The zero-order valence-electron chi connectivity index (χ0n) is 17.2. The van der Waals surface area contributed by atoms with E-state index in [4.69, 9.17) is 9.47 Å². The number of fused-ring (bicyclic) bond motifs is 1. The molecule has 3 aromatic rings. The van der Waals surface area contributed by atoms with Crippen LogP contribution in [0.15, 0.2) is 59.4 Å². The van der Waals surface area contributed by atoms with Crippen molar-refractivity contribution in [2.75, 3.05) is 19.5 Å². The van der Waals surface area contributed by atoms with Crippen molar-refractivity contribution < 1.29 is 19.1 Å². The van der Waals surface area contributed by atoms with E-state index in [0.717, 1.165) is 5.56 Å². The zero-order valence-corrected chi connectivity index (χ0v) is 17.2. The molecule has 7 heteroatoms. The quantitative estimate of drug-likeness (QED) is 0.660. The number of aromatic amines is 1. The first-order chi connectivity index (χ1) is 15.0. The van der Waals surface area contributed by atoms with Gasteiger partial charge in [-0.3, -0.25) is 14.4 Å².